The highest BCUT2D eigenvalue weighted by molar-refractivity contribution is 7.98. The standard InChI is InChI=1S/C18H18N8OS/c1-28-18-21-10-14(17(27)20-5-7-26-6-4-19-11-26)16(24-18)23-13-2-3-15-12(8-13)9-22-25-15/h2-4,6,8-11H,5,7H2,1H3,(H,20,27)(H,22,25)(H,21,23,24). The Morgan fingerprint density at radius 1 is 1.32 bits per heavy atom. The van der Waals surface area contributed by atoms with E-state index in [1.165, 1.54) is 11.8 Å². The largest absolute Gasteiger partial charge is 0.350 e. The van der Waals surface area contributed by atoms with Gasteiger partial charge in [0.25, 0.3) is 5.91 Å². The number of benzene rings is 1. The molecule has 0 atom stereocenters. The lowest BCUT2D eigenvalue weighted by Crippen LogP contribution is -2.28. The smallest absolute Gasteiger partial charge is 0.256 e. The van der Waals surface area contributed by atoms with Crippen molar-refractivity contribution in [2.75, 3.05) is 18.1 Å². The molecule has 0 fully saturated rings. The molecule has 0 bridgehead atoms. The van der Waals surface area contributed by atoms with Crippen molar-refractivity contribution in [2.45, 2.75) is 11.7 Å². The minimum Gasteiger partial charge on any atom is -0.350 e. The molecule has 0 saturated carbocycles. The Hall–Kier alpha value is -3.40. The van der Waals surface area contributed by atoms with Crippen LogP contribution in [0.1, 0.15) is 10.4 Å². The van der Waals surface area contributed by atoms with Gasteiger partial charge in [-0.2, -0.15) is 5.10 Å². The van der Waals surface area contributed by atoms with Crippen LogP contribution < -0.4 is 10.6 Å². The normalized spacial score (nSPS) is 10.9. The minimum atomic E-state index is -0.236. The van der Waals surface area contributed by atoms with E-state index >= 15 is 0 Å². The lowest BCUT2D eigenvalue weighted by molar-refractivity contribution is 0.0952. The Morgan fingerprint density at radius 3 is 3.07 bits per heavy atom. The highest BCUT2D eigenvalue weighted by Gasteiger charge is 2.15. The number of fused-ring (bicyclic) bond motifs is 1. The van der Waals surface area contributed by atoms with Crippen LogP contribution in [0.4, 0.5) is 11.5 Å². The SMILES string of the molecule is CSc1ncc(C(=O)NCCn2ccnc2)c(Nc2ccc3[nH]ncc3c2)n1. The molecule has 142 valence electrons. The van der Waals surface area contributed by atoms with Crippen molar-refractivity contribution in [3.63, 3.8) is 0 Å². The van der Waals surface area contributed by atoms with Gasteiger partial charge in [-0.25, -0.2) is 15.0 Å². The van der Waals surface area contributed by atoms with Crippen LogP contribution in [-0.4, -0.2) is 48.4 Å². The van der Waals surface area contributed by atoms with Crippen LogP contribution in [0.15, 0.2) is 54.5 Å². The average molecular weight is 394 g/mol. The number of nitrogens with one attached hydrogen (secondary N) is 3. The maximum Gasteiger partial charge on any atom is 0.256 e. The van der Waals surface area contributed by atoms with Gasteiger partial charge < -0.3 is 15.2 Å². The van der Waals surface area contributed by atoms with Gasteiger partial charge in [0.1, 0.15) is 11.4 Å². The van der Waals surface area contributed by atoms with Gasteiger partial charge >= 0.3 is 0 Å². The average Bonchev–Trinajstić information content (AvgIpc) is 3.39. The predicted octanol–water partition coefficient (Wildman–Crippen LogP) is 2.44. The molecule has 3 N–H and O–H groups in total. The summed E-state index contributed by atoms with van der Waals surface area (Å²) in [6.45, 7) is 1.11. The molecule has 4 aromatic rings. The van der Waals surface area contributed by atoms with Crippen molar-refractivity contribution in [1.82, 2.24) is 35.0 Å². The lowest BCUT2D eigenvalue weighted by Gasteiger charge is -2.12. The van der Waals surface area contributed by atoms with Gasteiger partial charge in [-0.05, 0) is 24.5 Å². The van der Waals surface area contributed by atoms with Crippen molar-refractivity contribution in [2.24, 2.45) is 0 Å². The molecule has 9 nitrogen and oxygen atoms in total. The maximum atomic E-state index is 12.7. The van der Waals surface area contributed by atoms with Gasteiger partial charge in [0.2, 0.25) is 0 Å². The first-order valence-corrected chi connectivity index (χ1v) is 9.80. The first-order chi connectivity index (χ1) is 13.7. The number of hydrogen-bond acceptors (Lipinski definition) is 7. The Balaban J connectivity index is 1.53. The van der Waals surface area contributed by atoms with E-state index in [-0.39, 0.29) is 5.91 Å². The summed E-state index contributed by atoms with van der Waals surface area (Å²) >= 11 is 1.41. The second-order valence-corrected chi connectivity index (χ2v) is 6.75. The topological polar surface area (TPSA) is 113 Å². The third-order valence-electron chi connectivity index (χ3n) is 4.11. The van der Waals surface area contributed by atoms with E-state index in [1.54, 1.807) is 24.9 Å². The zero-order valence-electron chi connectivity index (χ0n) is 15.1. The number of nitrogens with zero attached hydrogens (tertiary/aromatic N) is 5. The molecule has 3 heterocycles. The maximum absolute atomic E-state index is 12.7. The molecule has 3 aromatic heterocycles. The van der Waals surface area contributed by atoms with Crippen molar-refractivity contribution in [3.8, 4) is 0 Å². The van der Waals surface area contributed by atoms with Crippen LogP contribution >= 0.6 is 11.8 Å². The summed E-state index contributed by atoms with van der Waals surface area (Å²) in [6, 6.07) is 5.77. The predicted molar refractivity (Wildman–Crippen MR) is 108 cm³/mol. The molecule has 0 unspecified atom stereocenters. The molecule has 0 radical (unpaired) electrons. The second-order valence-electron chi connectivity index (χ2n) is 5.97. The van der Waals surface area contributed by atoms with E-state index in [0.29, 0.717) is 29.6 Å². The van der Waals surface area contributed by atoms with Crippen LogP contribution in [0.25, 0.3) is 10.9 Å². The molecule has 28 heavy (non-hydrogen) atoms. The number of imidazole rings is 1. The number of aromatic nitrogens is 6. The Bertz CT molecular complexity index is 1090. The highest BCUT2D eigenvalue weighted by atomic mass is 32.2. The van der Waals surface area contributed by atoms with Crippen molar-refractivity contribution in [3.05, 3.63) is 54.9 Å². The zero-order chi connectivity index (χ0) is 19.3. The van der Waals surface area contributed by atoms with Gasteiger partial charge in [0.05, 0.1) is 18.0 Å². The quantitative estimate of drug-likeness (QED) is 0.326. The number of anilines is 2. The third kappa shape index (κ3) is 3.96. The summed E-state index contributed by atoms with van der Waals surface area (Å²) in [5, 5.41) is 14.6. The number of H-pyrrole nitrogens is 1. The van der Waals surface area contributed by atoms with Crippen LogP contribution in [0.2, 0.25) is 0 Å². The number of aromatic amines is 1. The molecule has 0 aliphatic carbocycles. The molecule has 1 aromatic carbocycles. The second kappa shape index (κ2) is 8.09. The summed E-state index contributed by atoms with van der Waals surface area (Å²) in [5.41, 5.74) is 2.14. The number of thioether (sulfide) groups is 1. The molecule has 0 saturated heterocycles. The van der Waals surface area contributed by atoms with Crippen molar-refractivity contribution >= 4 is 40.1 Å². The summed E-state index contributed by atoms with van der Waals surface area (Å²) in [5.74, 6) is 0.224. The van der Waals surface area contributed by atoms with Crippen molar-refractivity contribution < 1.29 is 4.79 Å². The molecule has 4 rings (SSSR count). The summed E-state index contributed by atoms with van der Waals surface area (Å²) in [4.78, 5) is 25.4. The molecule has 0 aliphatic heterocycles. The fraction of sp³-hybridized carbons (Fsp3) is 0.167. The number of rotatable bonds is 7. The van der Waals surface area contributed by atoms with Crippen LogP contribution in [0.5, 0.6) is 0 Å². The van der Waals surface area contributed by atoms with Crippen molar-refractivity contribution in [1.29, 1.82) is 0 Å². The van der Waals surface area contributed by atoms with Gasteiger partial charge in [0.15, 0.2) is 5.16 Å². The fourth-order valence-corrected chi connectivity index (χ4v) is 3.04. The molecule has 0 spiro atoms. The van der Waals surface area contributed by atoms with Crippen LogP contribution in [0.3, 0.4) is 0 Å². The number of carbonyl (C=O) groups is 1. The van der Waals surface area contributed by atoms with E-state index in [2.05, 4.69) is 35.8 Å². The highest BCUT2D eigenvalue weighted by Crippen LogP contribution is 2.23. The fourth-order valence-electron chi connectivity index (χ4n) is 2.70. The van der Waals surface area contributed by atoms with Gasteiger partial charge in [-0.3, -0.25) is 9.89 Å². The summed E-state index contributed by atoms with van der Waals surface area (Å²) in [6.07, 6.45) is 10.4. The van der Waals surface area contributed by atoms with E-state index in [4.69, 9.17) is 0 Å². The molecule has 0 aliphatic rings. The van der Waals surface area contributed by atoms with E-state index in [1.807, 2.05) is 35.2 Å². The summed E-state index contributed by atoms with van der Waals surface area (Å²) in [7, 11) is 0. The third-order valence-corrected chi connectivity index (χ3v) is 4.67. The lowest BCUT2D eigenvalue weighted by atomic mass is 10.2. The minimum absolute atomic E-state index is 0.236. The zero-order valence-corrected chi connectivity index (χ0v) is 15.9. The molecular weight excluding hydrogens is 376 g/mol. The Labute approximate surface area is 165 Å². The molecular formula is C18H18N8OS. The Kier molecular flexibility index (Phi) is 5.20. The number of amides is 1. The van der Waals surface area contributed by atoms with Gasteiger partial charge in [-0.1, -0.05) is 11.8 Å². The molecule has 1 amide bonds. The number of carbonyl (C=O) groups excluding carboxylic acids is 1. The van der Waals surface area contributed by atoms with Crippen LogP contribution in [-0.2, 0) is 6.54 Å². The van der Waals surface area contributed by atoms with Crippen LogP contribution in [0, 0.1) is 0 Å². The van der Waals surface area contributed by atoms with E-state index in [0.717, 1.165) is 16.6 Å². The summed E-state index contributed by atoms with van der Waals surface area (Å²) < 4.78 is 1.90. The molecule has 10 heteroatoms. The monoisotopic (exact) mass is 394 g/mol. The van der Waals surface area contributed by atoms with Gasteiger partial charge in [-0.15, -0.1) is 0 Å². The Morgan fingerprint density at radius 2 is 2.25 bits per heavy atom. The first kappa shape index (κ1) is 18.0. The first-order valence-electron chi connectivity index (χ1n) is 8.58. The van der Waals surface area contributed by atoms with Gasteiger partial charge in [0, 0.05) is 42.8 Å². The number of hydrogen-bond donors (Lipinski definition) is 3. The van der Waals surface area contributed by atoms with E-state index in [9.17, 15) is 4.79 Å². The van der Waals surface area contributed by atoms with E-state index < -0.39 is 0 Å².